The molecular weight excluding hydrogens is 698 g/mol. The molecule has 288 valence electrons. The Kier molecular flexibility index (Phi) is 14.7. The summed E-state index contributed by atoms with van der Waals surface area (Å²) in [6, 6.07) is 9.29. The number of rotatable bonds is 9. The van der Waals surface area contributed by atoms with E-state index < -0.39 is 71.4 Å². The molecule has 54 heavy (non-hydrogen) atoms. The Labute approximate surface area is 312 Å². The third kappa shape index (κ3) is 12.2. The first-order chi connectivity index (χ1) is 25.8. The van der Waals surface area contributed by atoms with Crippen molar-refractivity contribution in [1.29, 1.82) is 0 Å². The topological polar surface area (TPSA) is 268 Å². The second-order valence-electron chi connectivity index (χ2n) is 13.1. The lowest BCUT2D eigenvalue weighted by Crippen LogP contribution is -2.58. The zero-order valence-electron chi connectivity index (χ0n) is 30.0. The van der Waals surface area contributed by atoms with Crippen molar-refractivity contribution < 1.29 is 38.7 Å². The Hall–Kier alpha value is -6.26. The number of amides is 6. The number of aromatic hydroxyl groups is 1. The lowest BCUT2D eigenvalue weighted by atomic mass is 10.0. The molecule has 6 amide bonds. The van der Waals surface area contributed by atoms with Crippen molar-refractivity contribution in [3.63, 3.8) is 0 Å². The van der Waals surface area contributed by atoms with Crippen LogP contribution in [0.4, 0.5) is 0 Å². The standard InChI is InChI=1S/C37H47N9O8/c1-22(47)42-29-21-41-31(49)16-13-25(19-24-11-14-26(48)15-12-24)43-33(51)28(20-23-7-3-2-4-8-23)45-35(53)32(50)27(9-5-17-40-37(38)39)44-34(52)30-10-6-18-46(30)36(29)54/h2-4,7-8,11-16,25,27-30,48H,5-6,9-10,17-21H2,1H3,(H,41,49)(H,42,47)(H,43,51)(H,44,52)(H,45,53)(H4,38,39,40)/b16-13+. The normalized spacial score (nSPS) is 23.6. The van der Waals surface area contributed by atoms with Crippen LogP contribution in [0.2, 0.25) is 0 Å². The number of benzene rings is 2. The summed E-state index contributed by atoms with van der Waals surface area (Å²) in [6.07, 6.45) is 3.57. The van der Waals surface area contributed by atoms with Gasteiger partial charge in [0.1, 0.15) is 23.9 Å². The maximum absolute atomic E-state index is 14.0. The second kappa shape index (κ2) is 19.5. The Balaban J connectivity index is 1.72. The minimum atomic E-state index is -1.37. The van der Waals surface area contributed by atoms with Crippen molar-refractivity contribution >= 4 is 47.2 Å². The molecule has 0 aliphatic carbocycles. The predicted molar refractivity (Wildman–Crippen MR) is 197 cm³/mol. The van der Waals surface area contributed by atoms with Gasteiger partial charge in [-0.3, -0.25) is 38.6 Å². The van der Waals surface area contributed by atoms with Crippen LogP contribution in [0.15, 0.2) is 71.7 Å². The van der Waals surface area contributed by atoms with E-state index in [9.17, 15) is 38.7 Å². The Morgan fingerprint density at radius 3 is 2.30 bits per heavy atom. The van der Waals surface area contributed by atoms with E-state index in [4.69, 9.17) is 11.5 Å². The zero-order valence-corrected chi connectivity index (χ0v) is 30.0. The number of carbonyl (C=O) groups excluding carboxylic acids is 7. The average Bonchev–Trinajstić information content (AvgIpc) is 3.64. The van der Waals surface area contributed by atoms with E-state index in [0.29, 0.717) is 17.5 Å². The number of hydrogen-bond donors (Lipinski definition) is 8. The maximum Gasteiger partial charge on any atom is 0.290 e. The van der Waals surface area contributed by atoms with Gasteiger partial charge in [-0.15, -0.1) is 0 Å². The smallest absolute Gasteiger partial charge is 0.290 e. The molecule has 2 aliphatic heterocycles. The number of guanidine groups is 1. The highest BCUT2D eigenvalue weighted by Crippen LogP contribution is 2.20. The van der Waals surface area contributed by atoms with Crippen molar-refractivity contribution in [2.75, 3.05) is 19.6 Å². The quantitative estimate of drug-likeness (QED) is 0.0633. The largest absolute Gasteiger partial charge is 0.508 e. The van der Waals surface area contributed by atoms with E-state index in [2.05, 4.69) is 31.6 Å². The highest BCUT2D eigenvalue weighted by atomic mass is 16.3. The summed E-state index contributed by atoms with van der Waals surface area (Å²) in [7, 11) is 0. The Morgan fingerprint density at radius 1 is 0.907 bits per heavy atom. The predicted octanol–water partition coefficient (Wildman–Crippen LogP) is -1.56. The van der Waals surface area contributed by atoms with Crippen LogP contribution in [-0.4, -0.2) is 107 Å². The molecule has 1 fully saturated rings. The van der Waals surface area contributed by atoms with E-state index in [0.717, 1.165) is 0 Å². The molecule has 17 heteroatoms. The lowest BCUT2D eigenvalue weighted by Gasteiger charge is -2.29. The molecule has 0 radical (unpaired) electrons. The van der Waals surface area contributed by atoms with Crippen LogP contribution >= 0.6 is 0 Å². The molecule has 2 aromatic rings. The van der Waals surface area contributed by atoms with Crippen LogP contribution < -0.4 is 38.1 Å². The number of nitrogens with one attached hydrogen (secondary N) is 5. The third-order valence-electron chi connectivity index (χ3n) is 8.90. The fourth-order valence-electron chi connectivity index (χ4n) is 6.24. The summed E-state index contributed by atoms with van der Waals surface area (Å²) in [5.41, 5.74) is 12.2. The molecule has 2 aliphatic rings. The summed E-state index contributed by atoms with van der Waals surface area (Å²) in [6.45, 7) is 1.16. The third-order valence-corrected chi connectivity index (χ3v) is 8.90. The molecule has 0 aromatic heterocycles. The van der Waals surface area contributed by atoms with E-state index >= 15 is 0 Å². The number of carbonyl (C=O) groups is 7. The molecule has 0 spiro atoms. The first-order valence-corrected chi connectivity index (χ1v) is 17.7. The van der Waals surface area contributed by atoms with Crippen molar-refractivity contribution in [3.8, 4) is 5.75 Å². The van der Waals surface area contributed by atoms with Crippen molar-refractivity contribution in [1.82, 2.24) is 31.5 Å². The summed E-state index contributed by atoms with van der Waals surface area (Å²) in [4.78, 5) is 99.3. The van der Waals surface area contributed by atoms with Crippen LogP contribution in [0.25, 0.3) is 0 Å². The van der Waals surface area contributed by atoms with Gasteiger partial charge in [0.15, 0.2) is 5.96 Å². The fourth-order valence-corrected chi connectivity index (χ4v) is 6.24. The molecule has 2 heterocycles. The Morgan fingerprint density at radius 2 is 1.61 bits per heavy atom. The van der Waals surface area contributed by atoms with Crippen molar-refractivity contribution in [2.24, 2.45) is 16.5 Å². The maximum atomic E-state index is 14.0. The van der Waals surface area contributed by atoms with Gasteiger partial charge < -0.3 is 48.1 Å². The molecule has 17 nitrogen and oxygen atoms in total. The second-order valence-corrected chi connectivity index (χ2v) is 13.1. The molecule has 0 bridgehead atoms. The lowest BCUT2D eigenvalue weighted by molar-refractivity contribution is -0.144. The van der Waals surface area contributed by atoms with Crippen LogP contribution in [0, 0.1) is 0 Å². The number of Topliss-reactive ketones (excluding diaryl/α,β-unsaturated/α-hetero) is 1. The number of nitrogens with two attached hydrogens (primary N) is 2. The minimum Gasteiger partial charge on any atom is -0.508 e. The van der Waals surface area contributed by atoms with Gasteiger partial charge in [-0.05, 0) is 55.4 Å². The number of hydrogen-bond acceptors (Lipinski definition) is 9. The first-order valence-electron chi connectivity index (χ1n) is 17.7. The van der Waals surface area contributed by atoms with Crippen LogP contribution in [0.3, 0.4) is 0 Å². The summed E-state index contributed by atoms with van der Waals surface area (Å²) in [5, 5.41) is 22.9. The minimum absolute atomic E-state index is 0.00692. The highest BCUT2D eigenvalue weighted by Gasteiger charge is 2.40. The summed E-state index contributed by atoms with van der Waals surface area (Å²) in [5.74, 6) is -5.49. The van der Waals surface area contributed by atoms with E-state index in [1.165, 1.54) is 36.1 Å². The zero-order chi connectivity index (χ0) is 39.2. The monoisotopic (exact) mass is 745 g/mol. The molecule has 1 saturated heterocycles. The van der Waals surface area contributed by atoms with Gasteiger partial charge in [0.05, 0.1) is 12.1 Å². The average molecular weight is 746 g/mol. The fraction of sp³-hybridized carbons (Fsp3) is 0.405. The molecule has 10 N–H and O–H groups in total. The van der Waals surface area contributed by atoms with Gasteiger partial charge in [0.2, 0.25) is 35.3 Å². The number of fused-ring (bicyclic) bond motifs is 1. The van der Waals surface area contributed by atoms with E-state index in [1.807, 2.05) is 0 Å². The van der Waals surface area contributed by atoms with Crippen molar-refractivity contribution in [2.45, 2.75) is 75.7 Å². The van der Waals surface area contributed by atoms with Crippen molar-refractivity contribution in [3.05, 3.63) is 77.9 Å². The van der Waals surface area contributed by atoms with Crippen LogP contribution in [0.5, 0.6) is 5.75 Å². The van der Waals surface area contributed by atoms with Gasteiger partial charge >= 0.3 is 0 Å². The molecule has 0 saturated carbocycles. The number of phenolic OH excluding ortho intramolecular Hbond substituents is 1. The number of aliphatic imine (C=N–C) groups is 1. The van der Waals surface area contributed by atoms with Gasteiger partial charge in [0.25, 0.3) is 5.91 Å². The SMILES string of the molecule is CC(=O)NC1CNC(=O)/C=C/C(Cc2ccc(O)cc2)NC(=O)C(Cc2ccccc2)NC(=O)C(=O)C(CCCN=C(N)N)NC(=O)C2CCCN2C1=O. The first kappa shape index (κ1) is 40.5. The Bertz CT molecular complexity index is 1750. The van der Waals surface area contributed by atoms with Crippen LogP contribution in [-0.2, 0) is 46.4 Å². The number of phenols is 1. The number of ketones is 1. The molecular formula is C37H47N9O8. The van der Waals surface area contributed by atoms with Gasteiger partial charge in [-0.1, -0.05) is 48.5 Å². The van der Waals surface area contributed by atoms with Gasteiger partial charge in [-0.2, -0.15) is 0 Å². The van der Waals surface area contributed by atoms with Gasteiger partial charge in [-0.25, -0.2) is 0 Å². The molecule has 4 rings (SSSR count). The molecule has 5 unspecified atom stereocenters. The molecule has 2 aromatic carbocycles. The molecule has 5 atom stereocenters. The summed E-state index contributed by atoms with van der Waals surface area (Å²) < 4.78 is 0. The number of nitrogens with zero attached hydrogens (tertiary/aromatic N) is 2. The van der Waals surface area contributed by atoms with Crippen LogP contribution in [0.1, 0.15) is 43.7 Å². The van der Waals surface area contributed by atoms with Gasteiger partial charge in [0, 0.05) is 39.1 Å². The van der Waals surface area contributed by atoms with E-state index in [-0.39, 0.29) is 63.4 Å². The highest BCUT2D eigenvalue weighted by molar-refractivity contribution is 6.38. The summed E-state index contributed by atoms with van der Waals surface area (Å²) >= 11 is 0. The van der Waals surface area contributed by atoms with E-state index in [1.54, 1.807) is 42.5 Å².